The molecule has 2 aliphatic rings. The van der Waals surface area contributed by atoms with Crippen molar-refractivity contribution in [1.82, 2.24) is 15.0 Å². The van der Waals surface area contributed by atoms with E-state index in [0.29, 0.717) is 27.5 Å². The molecule has 136 valence electrons. The summed E-state index contributed by atoms with van der Waals surface area (Å²) >= 11 is 2.60. The van der Waals surface area contributed by atoms with Crippen LogP contribution in [0.4, 0.5) is 11.6 Å². The first-order chi connectivity index (χ1) is 12.4. The predicted octanol–water partition coefficient (Wildman–Crippen LogP) is 2.45. The van der Waals surface area contributed by atoms with E-state index in [9.17, 15) is 13.2 Å². The second kappa shape index (κ2) is 6.32. The van der Waals surface area contributed by atoms with Crippen molar-refractivity contribution in [2.24, 2.45) is 0 Å². The first-order valence-corrected chi connectivity index (χ1v) is 11.3. The molecule has 1 saturated carbocycles. The van der Waals surface area contributed by atoms with Crippen LogP contribution in [0.1, 0.15) is 34.3 Å². The molecule has 0 atom stereocenters. The molecular weight excluding hydrogens is 394 g/mol. The van der Waals surface area contributed by atoms with Crippen molar-refractivity contribution in [3.63, 3.8) is 0 Å². The SMILES string of the molecule is CSc1nc(NC=C2C(=O)c3sccc3N(C)S2(=O)=O)nc(C2CC2)n1. The summed E-state index contributed by atoms with van der Waals surface area (Å²) < 4.78 is 26.4. The summed E-state index contributed by atoms with van der Waals surface area (Å²) in [4.78, 5) is 25.6. The molecule has 0 aromatic carbocycles. The van der Waals surface area contributed by atoms with Gasteiger partial charge in [-0.2, -0.15) is 9.97 Å². The number of hydrogen-bond acceptors (Lipinski definition) is 9. The zero-order valence-corrected chi connectivity index (χ0v) is 16.4. The smallest absolute Gasteiger partial charge is 0.269 e. The van der Waals surface area contributed by atoms with Crippen LogP contribution in [0.3, 0.4) is 0 Å². The molecule has 2 aromatic heterocycles. The van der Waals surface area contributed by atoms with Crippen LogP contribution in [-0.2, 0) is 10.0 Å². The topological polar surface area (TPSA) is 105 Å². The Labute approximate surface area is 158 Å². The number of carbonyl (C=O) groups is 1. The molecule has 8 nitrogen and oxygen atoms in total. The zero-order valence-electron chi connectivity index (χ0n) is 14.0. The third-order valence-electron chi connectivity index (χ3n) is 4.14. The Kier molecular flexibility index (Phi) is 4.24. The molecule has 1 N–H and O–H groups in total. The van der Waals surface area contributed by atoms with Crippen molar-refractivity contribution in [3.05, 3.63) is 33.3 Å². The Morgan fingerprint density at radius 1 is 1.35 bits per heavy atom. The first kappa shape index (κ1) is 17.4. The molecule has 1 aliphatic heterocycles. The minimum Gasteiger partial charge on any atom is -0.329 e. The number of sulfonamides is 1. The van der Waals surface area contributed by atoms with Gasteiger partial charge in [-0.15, -0.1) is 11.3 Å². The summed E-state index contributed by atoms with van der Waals surface area (Å²) in [6.45, 7) is 0. The molecule has 0 spiro atoms. The average molecular weight is 410 g/mol. The van der Waals surface area contributed by atoms with Crippen LogP contribution in [0.5, 0.6) is 0 Å². The Hall–Kier alpha value is -1.98. The largest absolute Gasteiger partial charge is 0.329 e. The van der Waals surface area contributed by atoms with E-state index in [1.807, 2.05) is 6.26 Å². The second-order valence-electron chi connectivity index (χ2n) is 5.87. The molecule has 2 aromatic rings. The van der Waals surface area contributed by atoms with Crippen LogP contribution in [0.15, 0.2) is 27.7 Å². The molecule has 26 heavy (non-hydrogen) atoms. The van der Waals surface area contributed by atoms with E-state index in [-0.39, 0.29) is 10.9 Å². The first-order valence-electron chi connectivity index (χ1n) is 7.79. The van der Waals surface area contributed by atoms with Gasteiger partial charge in [-0.05, 0) is 30.5 Å². The fraction of sp³-hybridized carbons (Fsp3) is 0.333. The van der Waals surface area contributed by atoms with Gasteiger partial charge in [0.15, 0.2) is 10.1 Å². The van der Waals surface area contributed by atoms with Gasteiger partial charge in [0.2, 0.25) is 11.7 Å². The predicted molar refractivity (Wildman–Crippen MR) is 101 cm³/mol. The molecule has 0 radical (unpaired) electrons. The number of hydrogen-bond donors (Lipinski definition) is 1. The van der Waals surface area contributed by atoms with Gasteiger partial charge in [-0.25, -0.2) is 13.4 Å². The lowest BCUT2D eigenvalue weighted by atomic mass is 10.2. The van der Waals surface area contributed by atoms with Crippen molar-refractivity contribution in [3.8, 4) is 0 Å². The third-order valence-corrected chi connectivity index (χ3v) is 7.37. The molecule has 11 heteroatoms. The number of aromatic nitrogens is 3. The number of fused-ring (bicyclic) bond motifs is 1. The Balaban J connectivity index is 1.70. The fourth-order valence-electron chi connectivity index (χ4n) is 2.55. The summed E-state index contributed by atoms with van der Waals surface area (Å²) in [7, 11) is -2.49. The van der Waals surface area contributed by atoms with Crippen LogP contribution in [-0.4, -0.2) is 42.5 Å². The monoisotopic (exact) mass is 409 g/mol. The number of Topliss-reactive ketones (excluding diaryl/α,β-unsaturated/α-hetero) is 1. The van der Waals surface area contributed by atoms with Crippen molar-refractivity contribution in [2.45, 2.75) is 23.9 Å². The Morgan fingerprint density at radius 2 is 2.12 bits per heavy atom. The molecule has 1 fully saturated rings. The van der Waals surface area contributed by atoms with Crippen LogP contribution in [0, 0.1) is 0 Å². The highest BCUT2D eigenvalue weighted by Crippen LogP contribution is 2.39. The highest BCUT2D eigenvalue weighted by atomic mass is 32.2. The average Bonchev–Trinajstić information content (AvgIpc) is 3.36. The van der Waals surface area contributed by atoms with E-state index in [0.717, 1.165) is 17.1 Å². The van der Waals surface area contributed by atoms with E-state index in [1.165, 1.54) is 36.3 Å². The van der Waals surface area contributed by atoms with E-state index in [2.05, 4.69) is 20.3 Å². The quantitative estimate of drug-likeness (QED) is 0.606. The zero-order chi connectivity index (χ0) is 18.5. The second-order valence-corrected chi connectivity index (χ2v) is 9.49. The minimum absolute atomic E-state index is 0.237. The summed E-state index contributed by atoms with van der Waals surface area (Å²) in [5, 5.41) is 5.03. The molecule has 1 aliphatic carbocycles. The molecule has 0 unspecified atom stereocenters. The van der Waals surface area contributed by atoms with Crippen LogP contribution < -0.4 is 9.62 Å². The van der Waals surface area contributed by atoms with E-state index in [4.69, 9.17) is 0 Å². The summed E-state index contributed by atoms with van der Waals surface area (Å²) in [5.74, 6) is 0.737. The fourth-order valence-corrected chi connectivity index (χ4v) is 5.16. The molecule has 0 amide bonds. The molecular formula is C15H15N5O3S3. The minimum atomic E-state index is -3.92. The maximum atomic E-state index is 12.7. The van der Waals surface area contributed by atoms with E-state index in [1.54, 1.807) is 11.4 Å². The van der Waals surface area contributed by atoms with Crippen molar-refractivity contribution in [2.75, 3.05) is 22.9 Å². The maximum absolute atomic E-state index is 12.7. The highest BCUT2D eigenvalue weighted by Gasteiger charge is 2.39. The Bertz CT molecular complexity index is 1030. The van der Waals surface area contributed by atoms with Gasteiger partial charge in [0.05, 0.1) is 5.69 Å². The summed E-state index contributed by atoms with van der Waals surface area (Å²) in [6.07, 6.45) is 5.11. The highest BCUT2D eigenvalue weighted by molar-refractivity contribution is 7.98. The number of anilines is 2. The number of ketones is 1. The number of allylic oxidation sites excluding steroid dienone is 1. The maximum Gasteiger partial charge on any atom is 0.269 e. The number of thioether (sulfide) groups is 1. The van der Waals surface area contributed by atoms with E-state index >= 15 is 0 Å². The summed E-state index contributed by atoms with van der Waals surface area (Å²) in [6, 6.07) is 1.62. The van der Waals surface area contributed by atoms with Gasteiger partial charge < -0.3 is 5.32 Å². The van der Waals surface area contributed by atoms with Crippen molar-refractivity contribution in [1.29, 1.82) is 0 Å². The van der Waals surface area contributed by atoms with Crippen LogP contribution in [0.25, 0.3) is 0 Å². The Morgan fingerprint density at radius 3 is 2.81 bits per heavy atom. The number of nitrogens with one attached hydrogen (secondary N) is 1. The van der Waals surface area contributed by atoms with Crippen LogP contribution in [0.2, 0.25) is 0 Å². The van der Waals surface area contributed by atoms with Crippen molar-refractivity contribution < 1.29 is 13.2 Å². The number of carbonyl (C=O) groups excluding carboxylic acids is 1. The molecule has 0 saturated heterocycles. The summed E-state index contributed by atoms with van der Waals surface area (Å²) in [5.41, 5.74) is 0.401. The lowest BCUT2D eigenvalue weighted by Crippen LogP contribution is -2.35. The number of thiophene rings is 1. The third kappa shape index (κ3) is 2.89. The van der Waals surface area contributed by atoms with Gasteiger partial charge in [-0.1, -0.05) is 11.8 Å². The lowest BCUT2D eigenvalue weighted by Gasteiger charge is -2.25. The van der Waals surface area contributed by atoms with Gasteiger partial charge >= 0.3 is 0 Å². The van der Waals surface area contributed by atoms with Gasteiger partial charge in [0, 0.05) is 19.2 Å². The number of rotatable bonds is 4. The molecule has 3 heterocycles. The number of nitrogens with zero attached hydrogens (tertiary/aromatic N) is 4. The van der Waals surface area contributed by atoms with Gasteiger partial charge in [0.25, 0.3) is 10.0 Å². The van der Waals surface area contributed by atoms with Crippen molar-refractivity contribution >= 4 is 50.5 Å². The normalized spacial score (nSPS) is 20.3. The molecule has 4 rings (SSSR count). The lowest BCUT2D eigenvalue weighted by molar-refractivity contribution is 0.104. The van der Waals surface area contributed by atoms with Crippen LogP contribution >= 0.6 is 23.1 Å². The van der Waals surface area contributed by atoms with Gasteiger partial charge in [0.1, 0.15) is 10.7 Å². The standard InChI is InChI=1S/C15H15N5O3S3/c1-20-9-5-6-25-12(9)11(21)10(26(20,22)23)7-16-14-17-13(8-3-4-8)18-15(19-14)24-2/h5-8H,3-4H2,1-2H3,(H,16,17,18,19). The van der Waals surface area contributed by atoms with Gasteiger partial charge in [-0.3, -0.25) is 9.10 Å². The molecule has 0 bridgehead atoms. The van der Waals surface area contributed by atoms with E-state index < -0.39 is 15.8 Å².